The van der Waals surface area contributed by atoms with Gasteiger partial charge in [-0.25, -0.2) is 0 Å². The zero-order valence-electron chi connectivity index (χ0n) is 16.0. The highest BCUT2D eigenvalue weighted by molar-refractivity contribution is 5.36. The second-order valence-electron chi connectivity index (χ2n) is 8.41. The summed E-state index contributed by atoms with van der Waals surface area (Å²) in [5, 5.41) is 0. The number of benzene rings is 1. The summed E-state index contributed by atoms with van der Waals surface area (Å²) in [6.45, 7) is 7.11. The van der Waals surface area contributed by atoms with Crippen molar-refractivity contribution in [2.75, 3.05) is 26.7 Å². The van der Waals surface area contributed by atoms with Gasteiger partial charge in [-0.2, -0.15) is 0 Å². The van der Waals surface area contributed by atoms with E-state index in [9.17, 15) is 0 Å². The summed E-state index contributed by atoms with van der Waals surface area (Å²) in [4.78, 5) is 5.64. The number of methoxy groups -OCH3 is 1. The van der Waals surface area contributed by atoms with Crippen molar-refractivity contribution in [3.63, 3.8) is 0 Å². The smallest absolute Gasteiger partial charge is 0.121 e. The van der Waals surface area contributed by atoms with E-state index in [4.69, 9.17) is 4.74 Å². The van der Waals surface area contributed by atoms with Crippen LogP contribution in [0.3, 0.4) is 0 Å². The summed E-state index contributed by atoms with van der Waals surface area (Å²) in [5.74, 6) is 1.92. The standard InChI is InChI=1S/C22H34N2O/c1-17-15-18(10-11-21(17)25-2)16-24-14-13-23-12-6-9-20(23)22(24)19-7-4-3-5-8-19/h10-11,15,19-20,22H,3-9,12-14,16H2,1-2H3/t20-,22+/m1/s1. The minimum absolute atomic E-state index is 0.777. The minimum Gasteiger partial charge on any atom is -0.496 e. The van der Waals surface area contributed by atoms with Gasteiger partial charge in [-0.15, -0.1) is 0 Å². The molecule has 3 aliphatic rings. The molecule has 1 aliphatic carbocycles. The van der Waals surface area contributed by atoms with Gasteiger partial charge < -0.3 is 4.74 Å². The van der Waals surface area contributed by atoms with Gasteiger partial charge in [-0.3, -0.25) is 9.80 Å². The zero-order chi connectivity index (χ0) is 17.2. The number of hydrogen-bond donors (Lipinski definition) is 0. The van der Waals surface area contributed by atoms with Crippen LogP contribution in [0, 0.1) is 12.8 Å². The Labute approximate surface area is 153 Å². The molecule has 3 fully saturated rings. The van der Waals surface area contributed by atoms with Crippen molar-refractivity contribution in [1.29, 1.82) is 0 Å². The summed E-state index contributed by atoms with van der Waals surface area (Å²) in [5.41, 5.74) is 2.71. The summed E-state index contributed by atoms with van der Waals surface area (Å²) >= 11 is 0. The Morgan fingerprint density at radius 3 is 2.60 bits per heavy atom. The second kappa shape index (κ2) is 7.67. The van der Waals surface area contributed by atoms with Crippen LogP contribution in [0.5, 0.6) is 5.75 Å². The number of ether oxygens (including phenoxy) is 1. The van der Waals surface area contributed by atoms with Gasteiger partial charge in [-0.1, -0.05) is 31.4 Å². The molecule has 0 amide bonds. The average molecular weight is 343 g/mol. The van der Waals surface area contributed by atoms with E-state index < -0.39 is 0 Å². The first kappa shape index (κ1) is 17.4. The molecule has 0 aromatic heterocycles. The lowest BCUT2D eigenvalue weighted by molar-refractivity contribution is -0.00381. The fourth-order valence-corrected chi connectivity index (χ4v) is 5.71. The molecule has 4 rings (SSSR count). The van der Waals surface area contributed by atoms with E-state index >= 15 is 0 Å². The SMILES string of the molecule is COc1ccc(CN2CCN3CCC[C@@H]3[C@@H]2C2CCCCC2)cc1C. The lowest BCUT2D eigenvalue weighted by Gasteiger charge is -2.49. The molecule has 0 radical (unpaired) electrons. The highest BCUT2D eigenvalue weighted by Crippen LogP contribution is 2.38. The van der Waals surface area contributed by atoms with E-state index in [2.05, 4.69) is 34.9 Å². The van der Waals surface area contributed by atoms with E-state index in [-0.39, 0.29) is 0 Å². The molecule has 2 aliphatic heterocycles. The summed E-state index contributed by atoms with van der Waals surface area (Å²) in [6, 6.07) is 8.34. The lowest BCUT2D eigenvalue weighted by atomic mass is 9.78. The van der Waals surface area contributed by atoms with Crippen molar-refractivity contribution >= 4 is 0 Å². The van der Waals surface area contributed by atoms with Gasteiger partial charge in [0.05, 0.1) is 7.11 Å². The third-order valence-electron chi connectivity index (χ3n) is 6.88. The van der Waals surface area contributed by atoms with Crippen LogP contribution in [-0.4, -0.2) is 48.6 Å². The molecule has 1 saturated carbocycles. The number of fused-ring (bicyclic) bond motifs is 1. The normalized spacial score (nSPS) is 28.9. The van der Waals surface area contributed by atoms with Gasteiger partial charge >= 0.3 is 0 Å². The molecule has 2 heterocycles. The van der Waals surface area contributed by atoms with Crippen molar-refractivity contribution in [3.05, 3.63) is 29.3 Å². The predicted molar refractivity (Wildman–Crippen MR) is 103 cm³/mol. The largest absolute Gasteiger partial charge is 0.496 e. The summed E-state index contributed by atoms with van der Waals surface area (Å²) in [7, 11) is 1.76. The van der Waals surface area contributed by atoms with Crippen molar-refractivity contribution in [2.45, 2.75) is 70.5 Å². The Morgan fingerprint density at radius 2 is 1.84 bits per heavy atom. The Kier molecular flexibility index (Phi) is 5.33. The van der Waals surface area contributed by atoms with Gasteiger partial charge in [0.2, 0.25) is 0 Å². The zero-order valence-corrected chi connectivity index (χ0v) is 16.0. The maximum Gasteiger partial charge on any atom is 0.121 e. The Morgan fingerprint density at radius 1 is 1.00 bits per heavy atom. The highest BCUT2D eigenvalue weighted by Gasteiger charge is 2.42. The molecular weight excluding hydrogens is 308 g/mol. The molecule has 0 bridgehead atoms. The average Bonchev–Trinajstić information content (AvgIpc) is 3.11. The van der Waals surface area contributed by atoms with Crippen LogP contribution in [0.1, 0.15) is 56.1 Å². The van der Waals surface area contributed by atoms with E-state index in [0.29, 0.717) is 0 Å². The van der Waals surface area contributed by atoms with Gasteiger partial charge in [0.25, 0.3) is 0 Å². The number of aryl methyl sites for hydroxylation is 1. The highest BCUT2D eigenvalue weighted by atomic mass is 16.5. The monoisotopic (exact) mass is 342 g/mol. The third kappa shape index (κ3) is 3.59. The molecule has 25 heavy (non-hydrogen) atoms. The fraction of sp³-hybridized carbons (Fsp3) is 0.727. The Balaban J connectivity index is 1.54. The molecule has 3 heteroatoms. The van der Waals surface area contributed by atoms with Gasteiger partial charge in [0, 0.05) is 31.7 Å². The van der Waals surface area contributed by atoms with Crippen molar-refractivity contribution in [3.8, 4) is 5.75 Å². The van der Waals surface area contributed by atoms with Crippen LogP contribution in [0.25, 0.3) is 0 Å². The van der Waals surface area contributed by atoms with Crippen molar-refractivity contribution < 1.29 is 4.74 Å². The first-order chi connectivity index (χ1) is 12.3. The van der Waals surface area contributed by atoms with Crippen LogP contribution < -0.4 is 4.74 Å². The van der Waals surface area contributed by atoms with Crippen molar-refractivity contribution in [1.82, 2.24) is 9.80 Å². The topological polar surface area (TPSA) is 15.7 Å². The van der Waals surface area contributed by atoms with Crippen molar-refractivity contribution in [2.24, 2.45) is 5.92 Å². The first-order valence-corrected chi connectivity index (χ1v) is 10.4. The molecule has 1 aromatic rings. The van der Waals surface area contributed by atoms with Crippen LogP contribution in [0.2, 0.25) is 0 Å². The summed E-state index contributed by atoms with van der Waals surface area (Å²) < 4.78 is 5.44. The van der Waals surface area contributed by atoms with E-state index in [0.717, 1.165) is 30.3 Å². The maximum absolute atomic E-state index is 5.44. The molecule has 3 nitrogen and oxygen atoms in total. The van der Waals surface area contributed by atoms with E-state index in [1.807, 2.05) is 0 Å². The van der Waals surface area contributed by atoms with E-state index in [1.165, 1.54) is 75.7 Å². The predicted octanol–water partition coefficient (Wildman–Crippen LogP) is 4.23. The molecule has 2 saturated heterocycles. The third-order valence-corrected chi connectivity index (χ3v) is 6.88. The second-order valence-corrected chi connectivity index (χ2v) is 8.41. The number of rotatable bonds is 4. The maximum atomic E-state index is 5.44. The fourth-order valence-electron chi connectivity index (χ4n) is 5.71. The molecule has 2 atom stereocenters. The Hall–Kier alpha value is -1.06. The lowest BCUT2D eigenvalue weighted by Crippen LogP contribution is -2.59. The van der Waals surface area contributed by atoms with Crippen LogP contribution >= 0.6 is 0 Å². The molecule has 0 unspecified atom stereocenters. The molecule has 0 spiro atoms. The number of piperazine rings is 1. The Bertz CT molecular complexity index is 581. The molecule has 1 aromatic carbocycles. The van der Waals surface area contributed by atoms with Gasteiger partial charge in [0.1, 0.15) is 5.75 Å². The van der Waals surface area contributed by atoms with Crippen LogP contribution in [-0.2, 0) is 6.54 Å². The number of hydrogen-bond acceptors (Lipinski definition) is 3. The summed E-state index contributed by atoms with van der Waals surface area (Å²) in [6.07, 6.45) is 10.1. The van der Waals surface area contributed by atoms with Crippen LogP contribution in [0.15, 0.2) is 18.2 Å². The van der Waals surface area contributed by atoms with E-state index in [1.54, 1.807) is 7.11 Å². The number of nitrogens with zero attached hydrogens (tertiary/aromatic N) is 2. The molecule has 0 N–H and O–H groups in total. The minimum atomic E-state index is 0.777. The van der Waals surface area contributed by atoms with Gasteiger partial charge in [-0.05, 0) is 62.3 Å². The molecular formula is C22H34N2O. The quantitative estimate of drug-likeness (QED) is 0.814. The van der Waals surface area contributed by atoms with Gasteiger partial charge in [0.15, 0.2) is 0 Å². The first-order valence-electron chi connectivity index (χ1n) is 10.4. The van der Waals surface area contributed by atoms with Crippen LogP contribution in [0.4, 0.5) is 0 Å². The molecule has 138 valence electrons.